The lowest BCUT2D eigenvalue weighted by molar-refractivity contribution is 0.0911. The Morgan fingerprint density at radius 3 is 2.76 bits per heavy atom. The summed E-state index contributed by atoms with van der Waals surface area (Å²) in [6.45, 7) is 1.84. The number of nitrogens with one attached hydrogen (secondary N) is 1. The molecule has 0 radical (unpaired) electrons. The normalized spacial score (nSPS) is 12.0. The van der Waals surface area contributed by atoms with Crippen LogP contribution in [0.3, 0.4) is 0 Å². The van der Waals surface area contributed by atoms with E-state index in [1.165, 1.54) is 0 Å². The van der Waals surface area contributed by atoms with Gasteiger partial charge in [0.05, 0.1) is 6.10 Å². The van der Waals surface area contributed by atoms with Gasteiger partial charge in [0.1, 0.15) is 5.69 Å². The van der Waals surface area contributed by atoms with Gasteiger partial charge in [0.2, 0.25) is 0 Å². The minimum atomic E-state index is -0.913. The molecule has 1 aromatic heterocycles. The van der Waals surface area contributed by atoms with Gasteiger partial charge in [-0.2, -0.15) is 0 Å². The van der Waals surface area contributed by atoms with E-state index in [1.807, 2.05) is 0 Å². The molecule has 0 aliphatic rings. The van der Waals surface area contributed by atoms with E-state index in [2.05, 4.69) is 10.3 Å². The van der Waals surface area contributed by atoms with Crippen LogP contribution in [-0.2, 0) is 0 Å². The lowest BCUT2D eigenvalue weighted by atomic mass is 10.1. The molecule has 0 aliphatic heterocycles. The summed E-state index contributed by atoms with van der Waals surface area (Å²) in [7, 11) is 0. The third-order valence-corrected chi connectivity index (χ3v) is 3.46. The van der Waals surface area contributed by atoms with Crippen LogP contribution in [0.1, 0.15) is 27.8 Å². The molecule has 1 atom stereocenters. The molecule has 6 heteroatoms. The second-order valence-corrected chi connectivity index (χ2v) is 5.40. The van der Waals surface area contributed by atoms with Crippen molar-refractivity contribution in [3.63, 3.8) is 0 Å². The molecule has 2 N–H and O–H groups in total. The number of carbonyl (C=O) groups is 1. The highest BCUT2D eigenvalue weighted by atomic mass is 35.5. The molecule has 1 amide bonds. The smallest absolute Gasteiger partial charge is 0.269 e. The Labute approximate surface area is 132 Å². The number of aliphatic hydroxyl groups is 1. The van der Waals surface area contributed by atoms with Crippen molar-refractivity contribution in [2.45, 2.75) is 13.0 Å². The summed E-state index contributed by atoms with van der Waals surface area (Å²) in [6, 6.07) is 9.99. The standard InChI is InChI=1S/C15H14Cl2N2O2/c1-9-3-2-4-13(19-9)15(21)18-8-14(20)11-6-5-10(16)7-12(11)17/h2-7,14,20H,8H2,1H3,(H,18,21). The van der Waals surface area contributed by atoms with Crippen molar-refractivity contribution in [3.05, 3.63) is 63.4 Å². The third-order valence-electron chi connectivity index (χ3n) is 2.90. The molecule has 1 aromatic carbocycles. The van der Waals surface area contributed by atoms with Gasteiger partial charge < -0.3 is 10.4 Å². The number of pyridine rings is 1. The predicted octanol–water partition coefficient (Wildman–Crippen LogP) is 3.16. The maximum Gasteiger partial charge on any atom is 0.269 e. The first-order chi connectivity index (χ1) is 9.97. The number of amides is 1. The zero-order valence-corrected chi connectivity index (χ0v) is 12.8. The predicted molar refractivity (Wildman–Crippen MR) is 82.7 cm³/mol. The quantitative estimate of drug-likeness (QED) is 0.908. The van der Waals surface area contributed by atoms with Crippen LogP contribution in [0.5, 0.6) is 0 Å². The van der Waals surface area contributed by atoms with Crippen LogP contribution in [0.15, 0.2) is 36.4 Å². The highest BCUT2D eigenvalue weighted by molar-refractivity contribution is 6.35. The number of aliphatic hydroxyl groups excluding tert-OH is 1. The fourth-order valence-electron chi connectivity index (χ4n) is 1.83. The molecule has 0 fully saturated rings. The van der Waals surface area contributed by atoms with Crippen LogP contribution < -0.4 is 5.32 Å². The average molecular weight is 325 g/mol. The van der Waals surface area contributed by atoms with E-state index < -0.39 is 6.10 Å². The maximum absolute atomic E-state index is 11.9. The molecule has 1 unspecified atom stereocenters. The van der Waals surface area contributed by atoms with Crippen molar-refractivity contribution >= 4 is 29.1 Å². The zero-order chi connectivity index (χ0) is 15.4. The largest absolute Gasteiger partial charge is 0.387 e. The second-order valence-electron chi connectivity index (χ2n) is 4.56. The number of nitrogens with zero attached hydrogens (tertiary/aromatic N) is 1. The Morgan fingerprint density at radius 1 is 1.33 bits per heavy atom. The number of aryl methyl sites for hydroxylation is 1. The summed E-state index contributed by atoms with van der Waals surface area (Å²) >= 11 is 11.8. The first kappa shape index (κ1) is 15.8. The molecular weight excluding hydrogens is 311 g/mol. The van der Waals surface area contributed by atoms with Gasteiger partial charge in [-0.15, -0.1) is 0 Å². The van der Waals surface area contributed by atoms with Crippen molar-refractivity contribution in [3.8, 4) is 0 Å². The summed E-state index contributed by atoms with van der Waals surface area (Å²) in [6.07, 6.45) is -0.913. The molecule has 1 heterocycles. The van der Waals surface area contributed by atoms with Crippen LogP contribution in [-0.4, -0.2) is 22.5 Å². The number of hydrogen-bond donors (Lipinski definition) is 2. The van der Waals surface area contributed by atoms with E-state index in [-0.39, 0.29) is 12.5 Å². The van der Waals surface area contributed by atoms with E-state index in [0.717, 1.165) is 5.69 Å². The number of hydrogen-bond acceptors (Lipinski definition) is 3. The van der Waals surface area contributed by atoms with Crippen molar-refractivity contribution in [2.24, 2.45) is 0 Å². The van der Waals surface area contributed by atoms with Crippen LogP contribution in [0.4, 0.5) is 0 Å². The summed E-state index contributed by atoms with van der Waals surface area (Å²) in [5, 5.41) is 13.6. The highest BCUT2D eigenvalue weighted by Crippen LogP contribution is 2.25. The van der Waals surface area contributed by atoms with Crippen LogP contribution in [0, 0.1) is 6.92 Å². The van der Waals surface area contributed by atoms with Gasteiger partial charge >= 0.3 is 0 Å². The second kappa shape index (κ2) is 6.89. The lowest BCUT2D eigenvalue weighted by Gasteiger charge is -2.14. The van der Waals surface area contributed by atoms with E-state index in [9.17, 15) is 9.90 Å². The molecule has 21 heavy (non-hydrogen) atoms. The van der Waals surface area contributed by atoms with Gasteiger partial charge in [-0.05, 0) is 31.2 Å². The fourth-order valence-corrected chi connectivity index (χ4v) is 2.37. The molecule has 2 rings (SSSR count). The van der Waals surface area contributed by atoms with Crippen LogP contribution in [0.25, 0.3) is 0 Å². The summed E-state index contributed by atoms with van der Waals surface area (Å²) in [4.78, 5) is 16.0. The monoisotopic (exact) mass is 324 g/mol. The van der Waals surface area contributed by atoms with E-state index >= 15 is 0 Å². The zero-order valence-electron chi connectivity index (χ0n) is 11.3. The first-order valence-electron chi connectivity index (χ1n) is 6.32. The maximum atomic E-state index is 11.9. The topological polar surface area (TPSA) is 62.2 Å². The molecule has 0 saturated heterocycles. The van der Waals surface area contributed by atoms with E-state index in [1.54, 1.807) is 43.3 Å². The van der Waals surface area contributed by atoms with Gasteiger partial charge in [-0.3, -0.25) is 4.79 Å². The molecule has 0 bridgehead atoms. The Hall–Kier alpha value is -1.62. The Bertz CT molecular complexity index is 662. The Balaban J connectivity index is 2.00. The van der Waals surface area contributed by atoms with Crippen LogP contribution >= 0.6 is 23.2 Å². The van der Waals surface area contributed by atoms with Crippen molar-refractivity contribution in [1.29, 1.82) is 0 Å². The lowest BCUT2D eigenvalue weighted by Crippen LogP contribution is -2.29. The molecule has 0 spiro atoms. The molecule has 110 valence electrons. The van der Waals surface area contributed by atoms with E-state index in [0.29, 0.717) is 21.3 Å². The van der Waals surface area contributed by atoms with E-state index in [4.69, 9.17) is 23.2 Å². The molecular formula is C15H14Cl2N2O2. The molecule has 4 nitrogen and oxygen atoms in total. The van der Waals surface area contributed by atoms with Crippen molar-refractivity contribution in [2.75, 3.05) is 6.54 Å². The number of benzene rings is 1. The Kier molecular flexibility index (Phi) is 5.17. The average Bonchev–Trinajstić information content (AvgIpc) is 2.44. The van der Waals surface area contributed by atoms with Crippen LogP contribution in [0.2, 0.25) is 10.0 Å². The number of aromatic nitrogens is 1. The van der Waals surface area contributed by atoms with Gasteiger partial charge in [-0.25, -0.2) is 4.98 Å². The molecule has 0 aliphatic carbocycles. The number of halogens is 2. The van der Waals surface area contributed by atoms with Crippen molar-refractivity contribution in [1.82, 2.24) is 10.3 Å². The van der Waals surface area contributed by atoms with Gasteiger partial charge in [0.25, 0.3) is 5.91 Å². The molecule has 0 saturated carbocycles. The van der Waals surface area contributed by atoms with Crippen molar-refractivity contribution < 1.29 is 9.90 Å². The summed E-state index contributed by atoms with van der Waals surface area (Å²) in [5.41, 5.74) is 1.58. The fraction of sp³-hybridized carbons (Fsp3) is 0.200. The minimum absolute atomic E-state index is 0.0375. The number of rotatable bonds is 4. The first-order valence-corrected chi connectivity index (χ1v) is 7.08. The SMILES string of the molecule is Cc1cccc(C(=O)NCC(O)c2ccc(Cl)cc2Cl)n1. The third kappa shape index (κ3) is 4.17. The van der Waals surface area contributed by atoms with Gasteiger partial charge in [0, 0.05) is 27.8 Å². The molecule has 2 aromatic rings. The summed E-state index contributed by atoms with van der Waals surface area (Å²) in [5.74, 6) is -0.345. The van der Waals surface area contributed by atoms with Gasteiger partial charge in [-0.1, -0.05) is 35.3 Å². The summed E-state index contributed by atoms with van der Waals surface area (Å²) < 4.78 is 0. The highest BCUT2D eigenvalue weighted by Gasteiger charge is 2.14. The minimum Gasteiger partial charge on any atom is -0.387 e. The Morgan fingerprint density at radius 2 is 2.10 bits per heavy atom. The van der Waals surface area contributed by atoms with Gasteiger partial charge in [0.15, 0.2) is 0 Å². The number of carbonyl (C=O) groups excluding carboxylic acids is 1.